The van der Waals surface area contributed by atoms with Crippen molar-refractivity contribution in [2.75, 3.05) is 0 Å². The molecule has 7 heteroatoms. The van der Waals surface area contributed by atoms with Gasteiger partial charge in [-0.15, -0.1) is 0 Å². The molecule has 0 heterocycles. The van der Waals surface area contributed by atoms with Crippen LogP contribution in [0.4, 0.5) is 8.78 Å². The van der Waals surface area contributed by atoms with Gasteiger partial charge in [0.25, 0.3) is 0 Å². The lowest BCUT2D eigenvalue weighted by Crippen LogP contribution is -2.15. The number of ether oxygens (including phenoxy) is 1. The average molecular weight is 306 g/mol. The second kappa shape index (κ2) is 7.16. The van der Waals surface area contributed by atoms with Gasteiger partial charge in [0.15, 0.2) is 5.84 Å². The van der Waals surface area contributed by atoms with Crippen molar-refractivity contribution in [1.82, 2.24) is 0 Å². The van der Waals surface area contributed by atoms with Crippen LogP contribution < -0.4 is 10.5 Å². The van der Waals surface area contributed by atoms with E-state index in [0.29, 0.717) is 5.56 Å². The van der Waals surface area contributed by atoms with E-state index in [9.17, 15) is 13.6 Å². The molecule has 0 unspecified atom stereocenters. The zero-order valence-corrected chi connectivity index (χ0v) is 11.3. The molecule has 0 aromatic heterocycles. The number of carbonyl (C=O) groups is 1. The van der Waals surface area contributed by atoms with E-state index in [1.165, 1.54) is 24.3 Å². The van der Waals surface area contributed by atoms with Crippen LogP contribution in [-0.2, 0) is 4.84 Å². The molecule has 2 rings (SSSR count). The first-order valence-corrected chi connectivity index (χ1v) is 6.22. The van der Waals surface area contributed by atoms with E-state index in [1.54, 1.807) is 30.3 Å². The molecular formula is C15H12F2N2O3. The Balaban J connectivity index is 2.13. The Kier molecular flexibility index (Phi) is 5.02. The molecule has 2 aromatic rings. The maximum absolute atomic E-state index is 12.3. The van der Waals surface area contributed by atoms with Crippen LogP contribution in [0.2, 0.25) is 0 Å². The molecule has 0 saturated carbocycles. The van der Waals surface area contributed by atoms with Crippen molar-refractivity contribution in [3.05, 3.63) is 65.7 Å². The van der Waals surface area contributed by atoms with Crippen molar-refractivity contribution in [2.45, 2.75) is 6.61 Å². The highest BCUT2D eigenvalue weighted by Crippen LogP contribution is 2.21. The topological polar surface area (TPSA) is 73.9 Å². The Morgan fingerprint density at radius 3 is 2.36 bits per heavy atom. The standard InChI is InChI=1S/C15H12F2N2O3/c16-15(17)21-12-9-5-4-8-11(12)14(20)22-19-13(18)10-6-2-1-3-7-10/h1-9,15H,(H2,18,19). The molecule has 2 aromatic carbocycles. The molecule has 0 radical (unpaired) electrons. The quantitative estimate of drug-likeness (QED) is 0.399. The van der Waals surface area contributed by atoms with Crippen LogP contribution in [-0.4, -0.2) is 18.4 Å². The van der Waals surface area contributed by atoms with E-state index in [-0.39, 0.29) is 17.1 Å². The number of amidine groups is 1. The molecule has 0 aliphatic rings. The molecule has 0 fully saturated rings. The van der Waals surface area contributed by atoms with Crippen molar-refractivity contribution in [1.29, 1.82) is 0 Å². The fraction of sp³-hybridized carbons (Fsp3) is 0.0667. The third-order valence-corrected chi connectivity index (χ3v) is 2.62. The third kappa shape index (κ3) is 4.02. The summed E-state index contributed by atoms with van der Waals surface area (Å²) in [7, 11) is 0. The number of rotatable bonds is 5. The number of nitrogens with zero attached hydrogens (tertiary/aromatic N) is 1. The van der Waals surface area contributed by atoms with E-state index in [4.69, 9.17) is 5.73 Å². The Labute approximate surface area is 124 Å². The molecule has 0 aliphatic heterocycles. The number of carbonyl (C=O) groups excluding carboxylic acids is 1. The first kappa shape index (κ1) is 15.4. The molecule has 0 bridgehead atoms. The third-order valence-electron chi connectivity index (χ3n) is 2.62. The van der Waals surface area contributed by atoms with Gasteiger partial charge < -0.3 is 15.3 Å². The molecule has 114 valence electrons. The van der Waals surface area contributed by atoms with Crippen molar-refractivity contribution in [2.24, 2.45) is 10.9 Å². The zero-order chi connectivity index (χ0) is 15.9. The number of benzene rings is 2. The summed E-state index contributed by atoms with van der Waals surface area (Å²) < 4.78 is 28.8. The zero-order valence-electron chi connectivity index (χ0n) is 11.3. The minimum absolute atomic E-state index is 0.0128. The normalized spacial score (nSPS) is 11.3. The predicted molar refractivity (Wildman–Crippen MR) is 75.7 cm³/mol. The molecule has 0 saturated heterocycles. The fourth-order valence-electron chi connectivity index (χ4n) is 1.64. The Morgan fingerprint density at radius 2 is 1.68 bits per heavy atom. The largest absolute Gasteiger partial charge is 0.434 e. The van der Waals surface area contributed by atoms with Crippen molar-refractivity contribution in [3.8, 4) is 5.75 Å². The summed E-state index contributed by atoms with van der Waals surface area (Å²) in [6.45, 7) is -3.05. The number of alkyl halides is 2. The van der Waals surface area contributed by atoms with Gasteiger partial charge in [-0.3, -0.25) is 0 Å². The molecule has 0 amide bonds. The summed E-state index contributed by atoms with van der Waals surface area (Å²) in [5.74, 6) is -1.26. The van der Waals surface area contributed by atoms with Crippen LogP contribution in [0.1, 0.15) is 15.9 Å². The van der Waals surface area contributed by atoms with Gasteiger partial charge in [-0.1, -0.05) is 47.6 Å². The van der Waals surface area contributed by atoms with Gasteiger partial charge in [0.1, 0.15) is 11.3 Å². The van der Waals surface area contributed by atoms with Crippen molar-refractivity contribution in [3.63, 3.8) is 0 Å². The Morgan fingerprint density at radius 1 is 1.05 bits per heavy atom. The lowest BCUT2D eigenvalue weighted by atomic mass is 10.2. The minimum atomic E-state index is -3.05. The summed E-state index contributed by atoms with van der Waals surface area (Å²) in [6.07, 6.45) is 0. The summed E-state index contributed by atoms with van der Waals surface area (Å²) in [5, 5.41) is 3.49. The summed E-state index contributed by atoms with van der Waals surface area (Å²) in [5.41, 5.74) is 6.05. The highest BCUT2D eigenvalue weighted by molar-refractivity contribution is 5.98. The molecule has 22 heavy (non-hydrogen) atoms. The van der Waals surface area contributed by atoms with Crippen LogP contribution in [0.25, 0.3) is 0 Å². The molecule has 5 nitrogen and oxygen atoms in total. The number of nitrogens with two attached hydrogens (primary N) is 1. The van der Waals surface area contributed by atoms with Crippen molar-refractivity contribution < 1.29 is 23.1 Å². The van der Waals surface area contributed by atoms with Gasteiger partial charge in [-0.25, -0.2) is 4.79 Å². The lowest BCUT2D eigenvalue weighted by molar-refractivity contribution is -0.0504. The van der Waals surface area contributed by atoms with Gasteiger partial charge in [0, 0.05) is 5.56 Å². The van der Waals surface area contributed by atoms with Crippen molar-refractivity contribution >= 4 is 11.8 Å². The van der Waals surface area contributed by atoms with Gasteiger partial charge >= 0.3 is 12.6 Å². The van der Waals surface area contributed by atoms with E-state index < -0.39 is 12.6 Å². The lowest BCUT2D eigenvalue weighted by Gasteiger charge is -2.08. The second-order valence-corrected chi connectivity index (χ2v) is 4.10. The van der Waals surface area contributed by atoms with E-state index in [2.05, 4.69) is 14.7 Å². The number of oxime groups is 1. The second-order valence-electron chi connectivity index (χ2n) is 4.10. The van der Waals surface area contributed by atoms with E-state index in [0.717, 1.165) is 0 Å². The smallest absolute Gasteiger partial charge is 0.387 e. The Hall–Kier alpha value is -2.96. The average Bonchev–Trinajstić information content (AvgIpc) is 2.53. The molecule has 2 N–H and O–H groups in total. The number of hydrogen-bond donors (Lipinski definition) is 1. The number of hydrogen-bond acceptors (Lipinski definition) is 4. The summed E-state index contributed by atoms with van der Waals surface area (Å²) in [4.78, 5) is 16.5. The SMILES string of the molecule is N/C(=N\OC(=O)c1ccccc1OC(F)F)c1ccccc1. The fourth-order valence-corrected chi connectivity index (χ4v) is 1.64. The van der Waals surface area contributed by atoms with Crippen LogP contribution in [0.3, 0.4) is 0 Å². The highest BCUT2D eigenvalue weighted by atomic mass is 19.3. The Bertz CT molecular complexity index is 675. The number of para-hydroxylation sites is 1. The molecule has 0 aliphatic carbocycles. The monoisotopic (exact) mass is 306 g/mol. The first-order chi connectivity index (χ1) is 10.6. The molecule has 0 atom stereocenters. The van der Waals surface area contributed by atoms with Crippen LogP contribution >= 0.6 is 0 Å². The minimum Gasteiger partial charge on any atom is -0.434 e. The van der Waals surface area contributed by atoms with Gasteiger partial charge in [0.2, 0.25) is 0 Å². The van der Waals surface area contributed by atoms with Gasteiger partial charge in [0.05, 0.1) is 0 Å². The first-order valence-electron chi connectivity index (χ1n) is 6.22. The van der Waals surface area contributed by atoms with Crippen LogP contribution in [0.15, 0.2) is 59.8 Å². The van der Waals surface area contributed by atoms with E-state index in [1.807, 2.05) is 0 Å². The van der Waals surface area contributed by atoms with Crippen LogP contribution in [0, 0.1) is 0 Å². The molecule has 0 spiro atoms. The predicted octanol–water partition coefficient (Wildman–Crippen LogP) is 2.77. The van der Waals surface area contributed by atoms with Gasteiger partial charge in [-0.05, 0) is 12.1 Å². The maximum Gasteiger partial charge on any atom is 0.387 e. The highest BCUT2D eigenvalue weighted by Gasteiger charge is 2.17. The van der Waals surface area contributed by atoms with E-state index >= 15 is 0 Å². The number of halogens is 2. The summed E-state index contributed by atoms with van der Waals surface area (Å²) in [6, 6.07) is 14.1. The summed E-state index contributed by atoms with van der Waals surface area (Å²) >= 11 is 0. The molecular weight excluding hydrogens is 294 g/mol. The van der Waals surface area contributed by atoms with Crippen LogP contribution in [0.5, 0.6) is 5.75 Å². The maximum atomic E-state index is 12.3. The van der Waals surface area contributed by atoms with Gasteiger partial charge in [-0.2, -0.15) is 8.78 Å².